The Morgan fingerprint density at radius 3 is 2.32 bits per heavy atom. The van der Waals surface area contributed by atoms with E-state index in [1.807, 2.05) is 50.2 Å². The molecule has 0 aromatic heterocycles. The third kappa shape index (κ3) is 4.28. The molecular weight excluding hydrogens is 278 g/mol. The van der Waals surface area contributed by atoms with E-state index in [9.17, 15) is 9.59 Å². The number of hydrogen-bond donors (Lipinski definition) is 2. The Bertz CT molecular complexity index is 706. The quantitative estimate of drug-likeness (QED) is 0.518. The predicted octanol–water partition coefficient (Wildman–Crippen LogP) is 2.39. The highest BCUT2D eigenvalue weighted by molar-refractivity contribution is 6.39. The Morgan fingerprint density at radius 2 is 1.64 bits per heavy atom. The van der Waals surface area contributed by atoms with E-state index in [-0.39, 0.29) is 0 Å². The Morgan fingerprint density at radius 1 is 0.955 bits per heavy atom. The molecule has 0 unspecified atom stereocenters. The summed E-state index contributed by atoms with van der Waals surface area (Å²) in [4.78, 5) is 23.4. The van der Waals surface area contributed by atoms with E-state index in [4.69, 9.17) is 0 Å². The van der Waals surface area contributed by atoms with Crippen LogP contribution in [0.3, 0.4) is 0 Å². The average molecular weight is 295 g/mol. The standard InChI is InChI=1S/C17H17N3O2/c1-12-7-9-15(10-8-12)19-16(21)17(22)20-18-11-14-6-4-3-5-13(14)2/h3-11H,1-2H3,(H,19,21)(H,20,22)/b18-11+. The van der Waals surface area contributed by atoms with Gasteiger partial charge in [0, 0.05) is 5.69 Å². The lowest BCUT2D eigenvalue weighted by atomic mass is 10.1. The first kappa shape index (κ1) is 15.4. The van der Waals surface area contributed by atoms with Gasteiger partial charge in [-0.05, 0) is 37.1 Å². The molecule has 5 nitrogen and oxygen atoms in total. The van der Waals surface area contributed by atoms with Crippen LogP contribution in [-0.4, -0.2) is 18.0 Å². The van der Waals surface area contributed by atoms with Crippen LogP contribution in [0.2, 0.25) is 0 Å². The molecule has 2 amide bonds. The summed E-state index contributed by atoms with van der Waals surface area (Å²) < 4.78 is 0. The van der Waals surface area contributed by atoms with Crippen molar-refractivity contribution in [1.82, 2.24) is 5.43 Å². The van der Waals surface area contributed by atoms with Crippen LogP contribution in [0.25, 0.3) is 0 Å². The molecular formula is C17H17N3O2. The van der Waals surface area contributed by atoms with Crippen LogP contribution >= 0.6 is 0 Å². The number of aryl methyl sites for hydroxylation is 2. The highest BCUT2D eigenvalue weighted by Crippen LogP contribution is 2.08. The van der Waals surface area contributed by atoms with E-state index in [1.165, 1.54) is 6.21 Å². The molecule has 2 rings (SSSR count). The predicted molar refractivity (Wildman–Crippen MR) is 86.7 cm³/mol. The van der Waals surface area contributed by atoms with Gasteiger partial charge in [-0.15, -0.1) is 0 Å². The number of anilines is 1. The van der Waals surface area contributed by atoms with Gasteiger partial charge in [-0.2, -0.15) is 5.10 Å². The van der Waals surface area contributed by atoms with Crippen LogP contribution in [0, 0.1) is 13.8 Å². The molecule has 22 heavy (non-hydrogen) atoms. The lowest BCUT2D eigenvalue weighted by Crippen LogP contribution is -2.32. The number of benzene rings is 2. The highest BCUT2D eigenvalue weighted by atomic mass is 16.2. The van der Waals surface area contributed by atoms with Crippen molar-refractivity contribution in [2.75, 3.05) is 5.32 Å². The molecule has 0 heterocycles. The molecule has 0 aliphatic carbocycles. The number of hydrogen-bond acceptors (Lipinski definition) is 3. The minimum atomic E-state index is -0.814. The molecule has 0 spiro atoms. The van der Waals surface area contributed by atoms with E-state index in [2.05, 4.69) is 15.8 Å². The summed E-state index contributed by atoms with van der Waals surface area (Å²) in [6, 6.07) is 14.8. The molecule has 0 saturated heterocycles. The lowest BCUT2D eigenvalue weighted by molar-refractivity contribution is -0.136. The van der Waals surface area contributed by atoms with Crippen LogP contribution in [0.1, 0.15) is 16.7 Å². The van der Waals surface area contributed by atoms with Gasteiger partial charge < -0.3 is 5.32 Å². The first-order valence-electron chi connectivity index (χ1n) is 6.83. The fraction of sp³-hybridized carbons (Fsp3) is 0.118. The van der Waals surface area contributed by atoms with Gasteiger partial charge in [-0.25, -0.2) is 5.43 Å². The van der Waals surface area contributed by atoms with Crippen molar-refractivity contribution < 1.29 is 9.59 Å². The van der Waals surface area contributed by atoms with E-state index >= 15 is 0 Å². The first-order valence-corrected chi connectivity index (χ1v) is 6.83. The van der Waals surface area contributed by atoms with Crippen molar-refractivity contribution in [2.24, 2.45) is 5.10 Å². The van der Waals surface area contributed by atoms with Gasteiger partial charge in [0.25, 0.3) is 0 Å². The molecule has 2 aromatic carbocycles. The van der Waals surface area contributed by atoms with Crippen molar-refractivity contribution in [3.63, 3.8) is 0 Å². The highest BCUT2D eigenvalue weighted by Gasteiger charge is 2.12. The van der Waals surface area contributed by atoms with Gasteiger partial charge in [0.15, 0.2) is 0 Å². The summed E-state index contributed by atoms with van der Waals surface area (Å²) in [5.74, 6) is -1.57. The second kappa shape index (κ2) is 7.17. The molecule has 2 N–H and O–H groups in total. The zero-order valence-electron chi connectivity index (χ0n) is 12.5. The summed E-state index contributed by atoms with van der Waals surface area (Å²) in [5.41, 5.74) is 5.75. The molecule has 0 fully saturated rings. The zero-order valence-corrected chi connectivity index (χ0v) is 12.5. The molecule has 0 aliphatic rings. The number of carbonyl (C=O) groups is 2. The van der Waals surface area contributed by atoms with E-state index in [1.54, 1.807) is 12.1 Å². The fourth-order valence-corrected chi connectivity index (χ4v) is 1.77. The van der Waals surface area contributed by atoms with Crippen LogP contribution < -0.4 is 10.7 Å². The maximum Gasteiger partial charge on any atom is 0.329 e. The fourth-order valence-electron chi connectivity index (χ4n) is 1.77. The van der Waals surface area contributed by atoms with Crippen molar-refractivity contribution in [2.45, 2.75) is 13.8 Å². The molecule has 112 valence electrons. The molecule has 0 radical (unpaired) electrons. The van der Waals surface area contributed by atoms with Gasteiger partial charge in [-0.1, -0.05) is 42.0 Å². The maximum atomic E-state index is 11.7. The zero-order chi connectivity index (χ0) is 15.9. The smallest absolute Gasteiger partial charge is 0.318 e. The van der Waals surface area contributed by atoms with Gasteiger partial charge in [0.05, 0.1) is 6.21 Å². The second-order valence-corrected chi connectivity index (χ2v) is 4.88. The van der Waals surface area contributed by atoms with E-state index < -0.39 is 11.8 Å². The van der Waals surface area contributed by atoms with Crippen LogP contribution in [0.4, 0.5) is 5.69 Å². The molecule has 0 saturated carbocycles. The van der Waals surface area contributed by atoms with Gasteiger partial charge in [0.1, 0.15) is 0 Å². The average Bonchev–Trinajstić information content (AvgIpc) is 2.51. The number of rotatable bonds is 3. The number of hydrazone groups is 1. The number of amides is 2. The third-order valence-corrected chi connectivity index (χ3v) is 3.07. The Balaban J connectivity index is 1.90. The summed E-state index contributed by atoms with van der Waals surface area (Å²) in [7, 11) is 0. The maximum absolute atomic E-state index is 11.7. The molecule has 0 bridgehead atoms. The third-order valence-electron chi connectivity index (χ3n) is 3.07. The topological polar surface area (TPSA) is 70.6 Å². The number of carbonyl (C=O) groups excluding carboxylic acids is 2. The summed E-state index contributed by atoms with van der Waals surface area (Å²) in [6.07, 6.45) is 1.51. The first-order chi connectivity index (χ1) is 10.6. The molecule has 0 aliphatic heterocycles. The van der Waals surface area contributed by atoms with Crippen molar-refractivity contribution in [1.29, 1.82) is 0 Å². The van der Waals surface area contributed by atoms with Crippen molar-refractivity contribution in [3.05, 3.63) is 65.2 Å². The van der Waals surface area contributed by atoms with Gasteiger partial charge in [-0.3, -0.25) is 9.59 Å². The Kier molecular flexibility index (Phi) is 5.03. The van der Waals surface area contributed by atoms with Gasteiger partial charge >= 0.3 is 11.8 Å². The van der Waals surface area contributed by atoms with E-state index in [0.717, 1.165) is 16.7 Å². The van der Waals surface area contributed by atoms with E-state index in [0.29, 0.717) is 5.69 Å². The molecule has 5 heteroatoms. The normalized spacial score (nSPS) is 10.5. The molecule has 0 atom stereocenters. The Labute approximate surface area is 129 Å². The summed E-state index contributed by atoms with van der Waals surface area (Å²) >= 11 is 0. The minimum absolute atomic E-state index is 0.564. The SMILES string of the molecule is Cc1ccc(NC(=O)C(=O)N/N=C/c2ccccc2C)cc1. The minimum Gasteiger partial charge on any atom is -0.318 e. The van der Waals surface area contributed by atoms with Crippen molar-refractivity contribution in [3.8, 4) is 0 Å². The number of nitrogens with one attached hydrogen (secondary N) is 2. The van der Waals surface area contributed by atoms with Crippen LogP contribution in [-0.2, 0) is 9.59 Å². The Hall–Kier alpha value is -2.95. The molecule has 2 aromatic rings. The largest absolute Gasteiger partial charge is 0.329 e. The summed E-state index contributed by atoms with van der Waals surface area (Å²) in [6.45, 7) is 3.88. The second-order valence-electron chi connectivity index (χ2n) is 4.88. The van der Waals surface area contributed by atoms with Crippen LogP contribution in [0.15, 0.2) is 53.6 Å². The summed E-state index contributed by atoms with van der Waals surface area (Å²) in [5, 5.41) is 6.30. The van der Waals surface area contributed by atoms with Crippen molar-refractivity contribution >= 4 is 23.7 Å². The number of nitrogens with zero attached hydrogens (tertiary/aromatic N) is 1. The monoisotopic (exact) mass is 295 g/mol. The van der Waals surface area contributed by atoms with Gasteiger partial charge in [0.2, 0.25) is 0 Å². The van der Waals surface area contributed by atoms with Crippen LogP contribution in [0.5, 0.6) is 0 Å². The lowest BCUT2D eigenvalue weighted by Gasteiger charge is -2.04.